The highest BCUT2D eigenvalue weighted by atomic mass is 32.2. The zero-order valence-corrected chi connectivity index (χ0v) is 13.1. The van der Waals surface area contributed by atoms with Gasteiger partial charge in [0.25, 0.3) is 0 Å². The Balaban J connectivity index is 2.60. The molecule has 1 fully saturated rings. The van der Waals surface area contributed by atoms with Gasteiger partial charge in [-0.15, -0.1) is 0 Å². The van der Waals surface area contributed by atoms with Gasteiger partial charge in [0.2, 0.25) is 15.9 Å². The Labute approximate surface area is 121 Å². The number of amides is 1. The standard InChI is InChI=1S/C13H26N2O4S/c1-3-9-20(18,19)15-11(2)12(17)14-13(10-16)7-5-4-6-8-13/h11,15-16H,3-10H2,1-2H3,(H,14,17). The number of rotatable bonds is 7. The Morgan fingerprint density at radius 3 is 2.40 bits per heavy atom. The summed E-state index contributed by atoms with van der Waals surface area (Å²) < 4.78 is 25.7. The second-order valence-electron chi connectivity index (χ2n) is 5.65. The molecule has 7 heteroatoms. The molecule has 1 aliphatic carbocycles. The van der Waals surface area contributed by atoms with Crippen LogP contribution in [0.4, 0.5) is 0 Å². The van der Waals surface area contributed by atoms with Crippen molar-refractivity contribution in [1.29, 1.82) is 0 Å². The first-order valence-electron chi connectivity index (χ1n) is 7.27. The maximum absolute atomic E-state index is 12.1. The van der Waals surface area contributed by atoms with Gasteiger partial charge in [0.05, 0.1) is 23.9 Å². The van der Waals surface area contributed by atoms with Crippen LogP contribution in [0.25, 0.3) is 0 Å². The summed E-state index contributed by atoms with van der Waals surface area (Å²) in [6.07, 6.45) is 5.03. The first-order valence-corrected chi connectivity index (χ1v) is 8.92. The van der Waals surface area contributed by atoms with Crippen molar-refractivity contribution in [3.63, 3.8) is 0 Å². The van der Waals surface area contributed by atoms with Crippen LogP contribution in [0.2, 0.25) is 0 Å². The van der Waals surface area contributed by atoms with Crippen molar-refractivity contribution in [2.45, 2.75) is 64.0 Å². The van der Waals surface area contributed by atoms with E-state index in [0.717, 1.165) is 32.1 Å². The third kappa shape index (κ3) is 5.03. The Bertz CT molecular complexity index is 416. The minimum atomic E-state index is -3.42. The van der Waals surface area contributed by atoms with E-state index in [9.17, 15) is 18.3 Å². The van der Waals surface area contributed by atoms with Crippen LogP contribution in [-0.4, -0.2) is 43.4 Å². The number of carbonyl (C=O) groups is 1. The predicted octanol–water partition coefficient (Wildman–Crippen LogP) is 0.516. The summed E-state index contributed by atoms with van der Waals surface area (Å²) in [6.45, 7) is 3.19. The van der Waals surface area contributed by atoms with Crippen molar-refractivity contribution in [3.8, 4) is 0 Å². The molecule has 3 N–H and O–H groups in total. The molecule has 0 aromatic heterocycles. The van der Waals surface area contributed by atoms with Crippen molar-refractivity contribution in [1.82, 2.24) is 10.0 Å². The molecular formula is C13H26N2O4S. The molecule has 1 atom stereocenters. The zero-order valence-electron chi connectivity index (χ0n) is 12.3. The Morgan fingerprint density at radius 2 is 1.90 bits per heavy atom. The van der Waals surface area contributed by atoms with Gasteiger partial charge in [0, 0.05) is 0 Å². The van der Waals surface area contributed by atoms with Gasteiger partial charge in [-0.1, -0.05) is 26.2 Å². The molecule has 1 aliphatic rings. The van der Waals surface area contributed by atoms with Gasteiger partial charge in [0.1, 0.15) is 0 Å². The predicted molar refractivity (Wildman–Crippen MR) is 77.7 cm³/mol. The summed E-state index contributed by atoms with van der Waals surface area (Å²) in [7, 11) is -3.42. The van der Waals surface area contributed by atoms with E-state index in [1.807, 2.05) is 0 Å². The van der Waals surface area contributed by atoms with E-state index in [1.165, 1.54) is 6.92 Å². The van der Waals surface area contributed by atoms with E-state index in [2.05, 4.69) is 10.0 Å². The van der Waals surface area contributed by atoms with Gasteiger partial charge in [0.15, 0.2) is 0 Å². The molecule has 0 aliphatic heterocycles. The highest BCUT2D eigenvalue weighted by molar-refractivity contribution is 7.89. The lowest BCUT2D eigenvalue weighted by Gasteiger charge is -2.37. The molecule has 0 radical (unpaired) electrons. The Kier molecular flexibility index (Phi) is 6.42. The lowest BCUT2D eigenvalue weighted by molar-refractivity contribution is -0.125. The fourth-order valence-electron chi connectivity index (χ4n) is 2.57. The van der Waals surface area contributed by atoms with Crippen LogP contribution in [0.3, 0.4) is 0 Å². The summed E-state index contributed by atoms with van der Waals surface area (Å²) in [5.74, 6) is -0.365. The van der Waals surface area contributed by atoms with Crippen LogP contribution < -0.4 is 10.0 Å². The topological polar surface area (TPSA) is 95.5 Å². The second-order valence-corrected chi connectivity index (χ2v) is 7.52. The molecule has 0 heterocycles. The molecule has 0 spiro atoms. The first-order chi connectivity index (χ1) is 9.34. The van der Waals surface area contributed by atoms with Crippen molar-refractivity contribution >= 4 is 15.9 Å². The molecule has 6 nitrogen and oxygen atoms in total. The van der Waals surface area contributed by atoms with E-state index in [1.54, 1.807) is 6.92 Å². The average Bonchev–Trinajstić information content (AvgIpc) is 2.39. The third-order valence-electron chi connectivity index (χ3n) is 3.72. The van der Waals surface area contributed by atoms with Crippen LogP contribution in [0, 0.1) is 0 Å². The summed E-state index contributed by atoms with van der Waals surface area (Å²) in [6, 6.07) is -0.822. The third-order valence-corrected chi connectivity index (χ3v) is 5.38. The molecule has 1 amide bonds. The largest absolute Gasteiger partial charge is 0.394 e. The SMILES string of the molecule is CCCS(=O)(=O)NC(C)C(=O)NC1(CO)CCCCC1. The maximum atomic E-state index is 12.1. The molecule has 0 saturated heterocycles. The van der Waals surface area contributed by atoms with Crippen LogP contribution in [-0.2, 0) is 14.8 Å². The smallest absolute Gasteiger partial charge is 0.238 e. The van der Waals surface area contributed by atoms with Crippen molar-refractivity contribution in [2.24, 2.45) is 0 Å². The highest BCUT2D eigenvalue weighted by Crippen LogP contribution is 2.27. The number of aliphatic hydroxyl groups is 1. The van der Waals surface area contributed by atoms with Gasteiger partial charge < -0.3 is 10.4 Å². The summed E-state index contributed by atoms with van der Waals surface area (Å²) >= 11 is 0. The fourth-order valence-corrected chi connectivity index (χ4v) is 3.87. The van der Waals surface area contributed by atoms with E-state index in [0.29, 0.717) is 6.42 Å². The molecular weight excluding hydrogens is 280 g/mol. The lowest BCUT2D eigenvalue weighted by Crippen LogP contribution is -2.57. The fraction of sp³-hybridized carbons (Fsp3) is 0.923. The Hall–Kier alpha value is -0.660. The van der Waals surface area contributed by atoms with E-state index in [-0.39, 0.29) is 18.3 Å². The first kappa shape index (κ1) is 17.4. The summed E-state index contributed by atoms with van der Waals surface area (Å²) in [5, 5.41) is 12.4. The molecule has 0 bridgehead atoms. The number of carbonyl (C=O) groups excluding carboxylic acids is 1. The normalized spacial score (nSPS) is 20.4. The minimum Gasteiger partial charge on any atom is -0.394 e. The van der Waals surface area contributed by atoms with Crippen LogP contribution in [0.5, 0.6) is 0 Å². The maximum Gasteiger partial charge on any atom is 0.238 e. The molecule has 118 valence electrons. The number of aliphatic hydroxyl groups excluding tert-OH is 1. The minimum absolute atomic E-state index is 0.00969. The van der Waals surface area contributed by atoms with E-state index in [4.69, 9.17) is 0 Å². The van der Waals surface area contributed by atoms with Crippen molar-refractivity contribution in [3.05, 3.63) is 0 Å². The van der Waals surface area contributed by atoms with Gasteiger partial charge in [-0.2, -0.15) is 0 Å². The second kappa shape index (κ2) is 7.38. The highest BCUT2D eigenvalue weighted by Gasteiger charge is 2.34. The average molecular weight is 306 g/mol. The number of hydrogen-bond acceptors (Lipinski definition) is 4. The summed E-state index contributed by atoms with van der Waals surface area (Å²) in [5.41, 5.74) is -0.584. The van der Waals surface area contributed by atoms with Gasteiger partial charge >= 0.3 is 0 Å². The molecule has 0 aromatic rings. The number of hydrogen-bond donors (Lipinski definition) is 3. The molecule has 1 saturated carbocycles. The van der Waals surface area contributed by atoms with E-state index < -0.39 is 21.6 Å². The monoisotopic (exact) mass is 306 g/mol. The summed E-state index contributed by atoms with van der Waals surface area (Å²) in [4.78, 5) is 12.1. The number of nitrogens with one attached hydrogen (secondary N) is 2. The van der Waals surface area contributed by atoms with Gasteiger partial charge in [-0.25, -0.2) is 13.1 Å². The quantitative estimate of drug-likeness (QED) is 0.639. The van der Waals surface area contributed by atoms with Crippen molar-refractivity contribution < 1.29 is 18.3 Å². The van der Waals surface area contributed by atoms with Gasteiger partial charge in [-0.3, -0.25) is 4.79 Å². The van der Waals surface area contributed by atoms with Crippen LogP contribution in [0.1, 0.15) is 52.4 Å². The molecule has 0 aromatic carbocycles. The zero-order chi connectivity index (χ0) is 15.2. The van der Waals surface area contributed by atoms with Gasteiger partial charge in [-0.05, 0) is 26.2 Å². The molecule has 20 heavy (non-hydrogen) atoms. The van der Waals surface area contributed by atoms with Crippen LogP contribution >= 0.6 is 0 Å². The molecule has 1 rings (SSSR count). The molecule has 1 unspecified atom stereocenters. The number of sulfonamides is 1. The Morgan fingerprint density at radius 1 is 1.30 bits per heavy atom. The van der Waals surface area contributed by atoms with Crippen LogP contribution in [0.15, 0.2) is 0 Å². The lowest BCUT2D eigenvalue weighted by atomic mass is 9.82. The van der Waals surface area contributed by atoms with E-state index >= 15 is 0 Å². The van der Waals surface area contributed by atoms with Crippen molar-refractivity contribution in [2.75, 3.05) is 12.4 Å².